The van der Waals surface area contributed by atoms with Gasteiger partial charge in [0, 0.05) is 49.8 Å². The Morgan fingerprint density at radius 1 is 1.25 bits per heavy atom. The lowest BCUT2D eigenvalue weighted by Gasteiger charge is -2.46. The SMILES string of the molecule is CCC(=O)Nc1ccc(C(O)CN2CCC3(CC2)CC(O)c2ccc(OC)cc2O3)cc1. The van der Waals surface area contributed by atoms with Gasteiger partial charge >= 0.3 is 0 Å². The zero-order valence-electron chi connectivity index (χ0n) is 18.7. The smallest absolute Gasteiger partial charge is 0.224 e. The third-order valence-corrected chi connectivity index (χ3v) is 6.57. The normalized spacial score (nSPS) is 20.8. The summed E-state index contributed by atoms with van der Waals surface area (Å²) in [7, 11) is 1.62. The molecule has 2 aliphatic heterocycles. The minimum Gasteiger partial charge on any atom is -0.497 e. The van der Waals surface area contributed by atoms with Gasteiger partial charge < -0.3 is 29.9 Å². The summed E-state index contributed by atoms with van der Waals surface area (Å²) in [6, 6.07) is 12.9. The Balaban J connectivity index is 1.34. The number of carbonyl (C=O) groups excluding carboxylic acids is 1. The lowest BCUT2D eigenvalue weighted by Crippen LogP contribution is -2.51. The summed E-state index contributed by atoms with van der Waals surface area (Å²) in [6.07, 6.45) is 1.43. The third-order valence-electron chi connectivity index (χ3n) is 6.57. The molecular weight excluding hydrogens is 408 g/mol. The zero-order chi connectivity index (χ0) is 22.7. The number of nitrogens with zero attached hydrogens (tertiary/aromatic N) is 1. The van der Waals surface area contributed by atoms with Crippen molar-refractivity contribution in [3.63, 3.8) is 0 Å². The molecule has 3 N–H and O–H groups in total. The van der Waals surface area contributed by atoms with E-state index in [-0.39, 0.29) is 11.5 Å². The number of anilines is 1. The average molecular weight is 441 g/mol. The molecule has 7 heteroatoms. The minimum atomic E-state index is -0.608. The number of aliphatic hydroxyl groups excluding tert-OH is 2. The quantitative estimate of drug-likeness (QED) is 0.638. The first-order valence-electron chi connectivity index (χ1n) is 11.3. The minimum absolute atomic E-state index is 0.0309. The van der Waals surface area contributed by atoms with Crippen LogP contribution in [0.15, 0.2) is 42.5 Å². The molecule has 2 aliphatic rings. The van der Waals surface area contributed by atoms with Gasteiger partial charge in [0.05, 0.1) is 19.3 Å². The number of likely N-dealkylation sites (tertiary alicyclic amines) is 1. The highest BCUT2D eigenvalue weighted by atomic mass is 16.5. The van der Waals surface area contributed by atoms with Crippen molar-refractivity contribution in [1.82, 2.24) is 4.90 Å². The molecule has 4 rings (SSSR count). The molecule has 1 saturated heterocycles. The first-order valence-corrected chi connectivity index (χ1v) is 11.3. The summed E-state index contributed by atoms with van der Waals surface area (Å²) < 4.78 is 11.7. The van der Waals surface area contributed by atoms with E-state index in [1.165, 1.54) is 0 Å². The second kappa shape index (κ2) is 9.48. The number of fused-ring (bicyclic) bond motifs is 1. The van der Waals surface area contributed by atoms with Gasteiger partial charge in [0.2, 0.25) is 5.91 Å². The average Bonchev–Trinajstić information content (AvgIpc) is 2.80. The van der Waals surface area contributed by atoms with Crippen LogP contribution in [-0.2, 0) is 4.79 Å². The number of hydrogen-bond acceptors (Lipinski definition) is 6. The molecule has 2 atom stereocenters. The van der Waals surface area contributed by atoms with E-state index >= 15 is 0 Å². The monoisotopic (exact) mass is 440 g/mol. The number of amides is 1. The number of carbonyl (C=O) groups is 1. The van der Waals surface area contributed by atoms with Crippen molar-refractivity contribution in [2.24, 2.45) is 0 Å². The van der Waals surface area contributed by atoms with E-state index in [4.69, 9.17) is 9.47 Å². The molecule has 0 aliphatic carbocycles. The Bertz CT molecular complexity index is 938. The Hall–Kier alpha value is -2.61. The van der Waals surface area contributed by atoms with Crippen LogP contribution in [0.2, 0.25) is 0 Å². The van der Waals surface area contributed by atoms with Gasteiger partial charge in [-0.3, -0.25) is 4.79 Å². The number of aliphatic hydroxyl groups is 2. The highest BCUT2D eigenvalue weighted by Gasteiger charge is 2.43. The number of hydrogen-bond donors (Lipinski definition) is 3. The summed E-state index contributed by atoms with van der Waals surface area (Å²) in [5.41, 5.74) is 1.98. The maximum Gasteiger partial charge on any atom is 0.224 e. The molecule has 1 spiro atoms. The molecule has 0 radical (unpaired) electrons. The van der Waals surface area contributed by atoms with E-state index < -0.39 is 12.2 Å². The van der Waals surface area contributed by atoms with Gasteiger partial charge in [-0.1, -0.05) is 19.1 Å². The van der Waals surface area contributed by atoms with Crippen LogP contribution in [-0.4, -0.2) is 53.4 Å². The van der Waals surface area contributed by atoms with Crippen LogP contribution in [0.3, 0.4) is 0 Å². The van der Waals surface area contributed by atoms with Crippen molar-refractivity contribution in [1.29, 1.82) is 0 Å². The zero-order valence-corrected chi connectivity index (χ0v) is 18.7. The number of benzene rings is 2. The Kier molecular flexibility index (Phi) is 6.69. The van der Waals surface area contributed by atoms with Crippen molar-refractivity contribution in [2.45, 2.75) is 50.4 Å². The molecule has 2 heterocycles. The fourth-order valence-electron chi connectivity index (χ4n) is 4.58. The van der Waals surface area contributed by atoms with Crippen molar-refractivity contribution in [3.05, 3.63) is 53.6 Å². The maximum absolute atomic E-state index is 11.5. The fraction of sp³-hybridized carbons (Fsp3) is 0.480. The van der Waals surface area contributed by atoms with Crippen LogP contribution < -0.4 is 14.8 Å². The largest absolute Gasteiger partial charge is 0.497 e. The molecule has 1 fully saturated rings. The number of piperidine rings is 1. The fourth-order valence-corrected chi connectivity index (χ4v) is 4.58. The molecule has 0 bridgehead atoms. The molecule has 2 aromatic rings. The van der Waals surface area contributed by atoms with Crippen molar-refractivity contribution in [2.75, 3.05) is 32.1 Å². The molecular formula is C25H32N2O5. The topological polar surface area (TPSA) is 91.3 Å². The summed E-state index contributed by atoms with van der Waals surface area (Å²) >= 11 is 0. The second-order valence-corrected chi connectivity index (χ2v) is 8.75. The van der Waals surface area contributed by atoms with Crippen molar-refractivity contribution < 1.29 is 24.5 Å². The molecule has 0 saturated carbocycles. The first-order chi connectivity index (χ1) is 15.4. The highest BCUT2D eigenvalue weighted by Crippen LogP contribution is 2.45. The predicted octanol–water partition coefficient (Wildman–Crippen LogP) is 3.43. The molecule has 2 unspecified atom stereocenters. The van der Waals surface area contributed by atoms with Crippen LogP contribution in [0.25, 0.3) is 0 Å². The van der Waals surface area contributed by atoms with Gasteiger partial charge in [-0.25, -0.2) is 0 Å². The van der Waals surface area contributed by atoms with Crippen molar-refractivity contribution in [3.8, 4) is 11.5 Å². The van der Waals surface area contributed by atoms with Crippen LogP contribution in [0, 0.1) is 0 Å². The Labute approximate surface area is 189 Å². The van der Waals surface area contributed by atoms with Crippen LogP contribution in [0.5, 0.6) is 11.5 Å². The van der Waals surface area contributed by atoms with Gasteiger partial charge in [-0.2, -0.15) is 0 Å². The molecule has 2 aromatic carbocycles. The van der Waals surface area contributed by atoms with E-state index in [1.807, 2.05) is 49.4 Å². The number of methoxy groups -OCH3 is 1. The molecule has 32 heavy (non-hydrogen) atoms. The Morgan fingerprint density at radius 2 is 1.97 bits per heavy atom. The second-order valence-electron chi connectivity index (χ2n) is 8.75. The van der Waals surface area contributed by atoms with Crippen molar-refractivity contribution >= 4 is 11.6 Å². The van der Waals surface area contributed by atoms with E-state index in [1.54, 1.807) is 7.11 Å². The summed E-state index contributed by atoms with van der Waals surface area (Å²) in [6.45, 7) is 3.91. The van der Waals surface area contributed by atoms with Crippen LogP contribution in [0.4, 0.5) is 5.69 Å². The molecule has 172 valence electrons. The van der Waals surface area contributed by atoms with Crippen LogP contribution >= 0.6 is 0 Å². The third kappa shape index (κ3) is 4.90. The van der Waals surface area contributed by atoms with Gasteiger partial charge in [0.25, 0.3) is 0 Å². The summed E-state index contributed by atoms with van der Waals surface area (Å²) in [4.78, 5) is 13.7. The first kappa shape index (κ1) is 22.6. The van der Waals surface area contributed by atoms with E-state index in [0.717, 1.165) is 42.7 Å². The Morgan fingerprint density at radius 3 is 2.62 bits per heavy atom. The van der Waals surface area contributed by atoms with E-state index in [2.05, 4.69) is 10.2 Å². The number of ether oxygens (including phenoxy) is 2. The lowest BCUT2D eigenvalue weighted by atomic mass is 9.81. The van der Waals surface area contributed by atoms with Crippen LogP contribution in [0.1, 0.15) is 55.9 Å². The van der Waals surface area contributed by atoms with Gasteiger partial charge in [-0.15, -0.1) is 0 Å². The van der Waals surface area contributed by atoms with Gasteiger partial charge in [0.1, 0.15) is 17.1 Å². The number of nitrogens with one attached hydrogen (secondary N) is 1. The number of rotatable bonds is 6. The summed E-state index contributed by atoms with van der Waals surface area (Å²) in [5, 5.41) is 24.2. The van der Waals surface area contributed by atoms with E-state index in [9.17, 15) is 15.0 Å². The predicted molar refractivity (Wildman–Crippen MR) is 122 cm³/mol. The van der Waals surface area contributed by atoms with Gasteiger partial charge in [0.15, 0.2) is 0 Å². The number of β-amino-alcohol motifs (C(OH)–C–C–N with tert-alkyl or cyclic N) is 1. The van der Waals surface area contributed by atoms with E-state index in [0.29, 0.717) is 30.9 Å². The van der Waals surface area contributed by atoms with Gasteiger partial charge in [-0.05, 0) is 42.7 Å². The molecule has 1 amide bonds. The standard InChI is InChI=1S/C25H32N2O5/c1-3-24(30)26-18-6-4-17(5-7-18)22(29)16-27-12-10-25(11-13-27)15-21(28)20-9-8-19(31-2)14-23(20)32-25/h4-9,14,21-22,28-29H,3,10-13,15-16H2,1-2H3,(H,26,30). The maximum atomic E-state index is 11.5. The molecule has 0 aromatic heterocycles. The highest BCUT2D eigenvalue weighted by molar-refractivity contribution is 5.90. The summed E-state index contributed by atoms with van der Waals surface area (Å²) in [5.74, 6) is 1.39. The lowest BCUT2D eigenvalue weighted by molar-refractivity contribution is -0.115. The molecule has 7 nitrogen and oxygen atoms in total.